The average Bonchev–Trinajstić information content (AvgIpc) is 3.07. The number of rotatable bonds is 5. The van der Waals surface area contributed by atoms with E-state index in [-0.39, 0.29) is 11.5 Å². The van der Waals surface area contributed by atoms with Crippen molar-refractivity contribution in [2.24, 2.45) is 0 Å². The molecule has 2 N–H and O–H groups in total. The second-order valence-electron chi connectivity index (χ2n) is 9.44. The van der Waals surface area contributed by atoms with Crippen LogP contribution in [0.15, 0.2) is 23.0 Å². The van der Waals surface area contributed by atoms with Gasteiger partial charge in [-0.15, -0.1) is 0 Å². The van der Waals surface area contributed by atoms with Crippen LogP contribution in [0.2, 0.25) is 0 Å². The molecule has 1 aromatic carbocycles. The van der Waals surface area contributed by atoms with Gasteiger partial charge < -0.3 is 0 Å². The Morgan fingerprint density at radius 2 is 1.88 bits per heavy atom. The first-order valence-corrected chi connectivity index (χ1v) is 11.7. The van der Waals surface area contributed by atoms with Crippen LogP contribution >= 0.6 is 0 Å². The molecule has 1 aliphatic carbocycles. The zero-order valence-corrected chi connectivity index (χ0v) is 19.2. The first kappa shape index (κ1) is 21.0. The van der Waals surface area contributed by atoms with Crippen LogP contribution < -0.4 is 10.9 Å². The Morgan fingerprint density at radius 1 is 1.12 bits per heavy atom. The number of aryl methyl sites for hydroxylation is 3. The van der Waals surface area contributed by atoms with Crippen LogP contribution in [0, 0.1) is 20.8 Å². The standard InChI is InChI=1S/C24H31BN6O/c1-14-9-10-18(11-15(14)2)26-24(25)30-12-17(13-30)21-27-22-20(23(32)28-21)16(3)29-31(22)19-7-5-4-6-8-19/h9-11,17,19,25-26H,4-8,12-13H2,1-3H3,(H,27,28,32). The van der Waals surface area contributed by atoms with Crippen LogP contribution in [0.3, 0.4) is 0 Å². The van der Waals surface area contributed by atoms with Gasteiger partial charge in [0.2, 0.25) is 0 Å². The first-order valence-electron chi connectivity index (χ1n) is 11.7. The third-order valence-electron chi connectivity index (χ3n) is 7.12. The summed E-state index contributed by atoms with van der Waals surface area (Å²) in [6.45, 7) is 7.69. The second-order valence-corrected chi connectivity index (χ2v) is 9.44. The molecule has 0 unspecified atom stereocenters. The van der Waals surface area contributed by atoms with Crippen LogP contribution in [0.1, 0.15) is 66.7 Å². The first-order chi connectivity index (χ1) is 15.4. The van der Waals surface area contributed by atoms with E-state index in [1.165, 1.54) is 30.4 Å². The van der Waals surface area contributed by atoms with Crippen molar-refractivity contribution in [3.63, 3.8) is 0 Å². The molecule has 3 aromatic rings. The van der Waals surface area contributed by atoms with Crippen LogP contribution in [-0.2, 0) is 0 Å². The number of anilines is 1. The van der Waals surface area contributed by atoms with Gasteiger partial charge in [-0.25, -0.2) is 0 Å². The SMILES string of the molecule is B=C(Nc1ccc(C)c(C)c1)N1CC(c2nc3c(c(C)nn3C3CCCCC3)c(=O)[nH]2)C1. The van der Waals surface area contributed by atoms with Crippen molar-refractivity contribution in [1.82, 2.24) is 24.6 Å². The van der Waals surface area contributed by atoms with Crippen molar-refractivity contribution in [3.8, 4) is 0 Å². The summed E-state index contributed by atoms with van der Waals surface area (Å²) in [7, 11) is 4.21. The molecule has 1 saturated heterocycles. The number of nitrogens with one attached hydrogen (secondary N) is 2. The number of aromatic amines is 1. The number of likely N-dealkylation sites (tertiary alicyclic amines) is 1. The molecular formula is C24H31BN6O. The van der Waals surface area contributed by atoms with Crippen molar-refractivity contribution in [2.75, 3.05) is 18.4 Å². The summed E-state index contributed by atoms with van der Waals surface area (Å²) in [5.41, 5.74) is 5.89. The molecule has 0 amide bonds. The van der Waals surface area contributed by atoms with Gasteiger partial charge in [-0.3, -0.25) is 0 Å². The van der Waals surface area contributed by atoms with Gasteiger partial charge in [0, 0.05) is 0 Å². The van der Waals surface area contributed by atoms with E-state index in [0.29, 0.717) is 11.4 Å². The van der Waals surface area contributed by atoms with Crippen molar-refractivity contribution in [3.05, 3.63) is 51.2 Å². The van der Waals surface area contributed by atoms with Gasteiger partial charge >= 0.3 is 189 Å². The maximum atomic E-state index is 12.9. The minimum atomic E-state index is -0.0740. The number of benzene rings is 1. The molecule has 8 heteroatoms. The fraction of sp³-hybridized carbons (Fsp3) is 0.500. The van der Waals surface area contributed by atoms with Gasteiger partial charge in [-0.05, 0) is 0 Å². The number of hydrogen-bond acceptors (Lipinski definition) is 5. The van der Waals surface area contributed by atoms with E-state index < -0.39 is 0 Å². The van der Waals surface area contributed by atoms with E-state index in [0.717, 1.165) is 54.5 Å². The fourth-order valence-corrected chi connectivity index (χ4v) is 4.94. The summed E-state index contributed by atoms with van der Waals surface area (Å²) in [6.07, 6.45) is 5.94. The van der Waals surface area contributed by atoms with Crippen molar-refractivity contribution < 1.29 is 0 Å². The summed E-state index contributed by atoms with van der Waals surface area (Å²) >= 11 is 0. The third-order valence-corrected chi connectivity index (χ3v) is 7.12. The Hall–Kier alpha value is -2.90. The Morgan fingerprint density at radius 3 is 2.59 bits per heavy atom. The fourth-order valence-electron chi connectivity index (χ4n) is 4.94. The van der Waals surface area contributed by atoms with E-state index in [4.69, 9.17) is 10.1 Å². The Labute approximate surface area is 189 Å². The molecule has 0 radical (unpaired) electrons. The maximum absolute atomic E-state index is 12.9. The predicted octanol–water partition coefficient (Wildman–Crippen LogP) is 3.05. The summed E-state index contributed by atoms with van der Waals surface area (Å²) in [5, 5.41) is 8.76. The number of H-pyrrole nitrogens is 1. The van der Waals surface area contributed by atoms with Crippen molar-refractivity contribution in [2.45, 2.75) is 64.8 Å². The molecule has 0 spiro atoms. The molecule has 166 valence electrons. The van der Waals surface area contributed by atoms with Gasteiger partial charge in [-0.2, -0.15) is 0 Å². The van der Waals surface area contributed by atoms with Crippen molar-refractivity contribution in [1.29, 1.82) is 0 Å². The third kappa shape index (κ3) is 3.76. The van der Waals surface area contributed by atoms with Crippen LogP contribution in [0.4, 0.5) is 5.69 Å². The summed E-state index contributed by atoms with van der Waals surface area (Å²) < 4.78 is 2.03. The predicted molar refractivity (Wildman–Crippen MR) is 131 cm³/mol. The van der Waals surface area contributed by atoms with E-state index in [9.17, 15) is 4.79 Å². The Bertz CT molecular complexity index is 1230. The molecule has 3 heterocycles. The number of aromatic nitrogens is 4. The summed E-state index contributed by atoms with van der Waals surface area (Å²) in [6, 6.07) is 6.68. The molecular weight excluding hydrogens is 399 g/mol. The van der Waals surface area contributed by atoms with Gasteiger partial charge in [0.1, 0.15) is 0 Å². The zero-order valence-electron chi connectivity index (χ0n) is 19.2. The molecule has 2 aliphatic rings. The van der Waals surface area contributed by atoms with Crippen LogP contribution in [0.25, 0.3) is 11.0 Å². The second kappa shape index (κ2) is 8.22. The van der Waals surface area contributed by atoms with Crippen LogP contribution in [-0.4, -0.2) is 50.9 Å². The Balaban J connectivity index is 1.33. The monoisotopic (exact) mass is 430 g/mol. The molecule has 2 fully saturated rings. The molecule has 1 saturated carbocycles. The summed E-state index contributed by atoms with van der Waals surface area (Å²) in [4.78, 5) is 23.0. The Kier molecular flexibility index (Phi) is 5.39. The minimum absolute atomic E-state index is 0.0740. The van der Waals surface area contributed by atoms with Crippen LogP contribution in [0.5, 0.6) is 0 Å². The topological polar surface area (TPSA) is 78.8 Å². The number of hydrogen-bond donors (Lipinski definition) is 2. The van der Waals surface area contributed by atoms with Gasteiger partial charge in [0.05, 0.1) is 0 Å². The summed E-state index contributed by atoms with van der Waals surface area (Å²) in [5.74, 6) is 0.940. The average molecular weight is 430 g/mol. The van der Waals surface area contributed by atoms with E-state index in [1.807, 2.05) is 11.6 Å². The molecule has 2 aromatic heterocycles. The zero-order chi connectivity index (χ0) is 22.4. The quantitative estimate of drug-likeness (QED) is 0.609. The molecule has 1 aliphatic heterocycles. The molecule has 0 atom stereocenters. The molecule has 5 rings (SSSR count). The molecule has 32 heavy (non-hydrogen) atoms. The van der Waals surface area contributed by atoms with E-state index >= 15 is 0 Å². The van der Waals surface area contributed by atoms with Gasteiger partial charge in [0.15, 0.2) is 0 Å². The normalized spacial score (nSPS) is 17.5. The van der Waals surface area contributed by atoms with E-state index in [1.54, 1.807) is 0 Å². The number of fused-ring (bicyclic) bond motifs is 1. The van der Waals surface area contributed by atoms with Crippen molar-refractivity contribution >= 4 is 29.9 Å². The number of nitrogens with zero attached hydrogens (tertiary/aromatic N) is 4. The van der Waals surface area contributed by atoms with Gasteiger partial charge in [0.25, 0.3) is 0 Å². The molecule has 0 bridgehead atoms. The molecule has 7 nitrogen and oxygen atoms in total. The van der Waals surface area contributed by atoms with Gasteiger partial charge in [-0.1, -0.05) is 0 Å². The van der Waals surface area contributed by atoms with E-state index in [2.05, 4.69) is 54.7 Å².